The second-order valence-corrected chi connectivity index (χ2v) is 6.77. The zero-order valence-electron chi connectivity index (χ0n) is 15.1. The van der Waals surface area contributed by atoms with Gasteiger partial charge in [-0.25, -0.2) is 4.79 Å². The van der Waals surface area contributed by atoms with Crippen molar-refractivity contribution in [2.45, 2.75) is 45.4 Å². The number of nitrogens with zero attached hydrogens (tertiary/aromatic N) is 2. The lowest BCUT2D eigenvalue weighted by Gasteiger charge is -2.25. The summed E-state index contributed by atoms with van der Waals surface area (Å²) in [6, 6.07) is 6.33. The van der Waals surface area contributed by atoms with Crippen molar-refractivity contribution in [2.24, 2.45) is 0 Å². The summed E-state index contributed by atoms with van der Waals surface area (Å²) < 4.78 is 0. The molecule has 1 aliphatic carbocycles. The Labute approximate surface area is 140 Å². The van der Waals surface area contributed by atoms with Crippen LogP contribution in [0.3, 0.4) is 0 Å². The fourth-order valence-electron chi connectivity index (χ4n) is 3.43. The van der Waals surface area contributed by atoms with Crippen LogP contribution in [0.4, 0.5) is 10.5 Å². The number of carbonyl (C=O) groups is 1. The van der Waals surface area contributed by atoms with E-state index in [9.17, 15) is 4.79 Å². The molecule has 1 aliphatic rings. The third-order valence-corrected chi connectivity index (χ3v) is 4.56. The minimum absolute atomic E-state index is 0.0712. The predicted molar refractivity (Wildman–Crippen MR) is 97.2 cm³/mol. The second kappa shape index (κ2) is 8.34. The molecule has 1 atom stereocenters. The van der Waals surface area contributed by atoms with E-state index in [0.717, 1.165) is 18.7 Å². The molecule has 1 aromatic rings. The van der Waals surface area contributed by atoms with Crippen molar-refractivity contribution >= 4 is 11.7 Å². The van der Waals surface area contributed by atoms with Crippen LogP contribution in [0.15, 0.2) is 18.2 Å². The number of aryl methyl sites for hydroxylation is 1. The van der Waals surface area contributed by atoms with Gasteiger partial charge in [0.15, 0.2) is 0 Å². The molecule has 0 bridgehead atoms. The summed E-state index contributed by atoms with van der Waals surface area (Å²) in [6.45, 7) is 7.99. The Bertz CT molecular complexity index is 521. The van der Waals surface area contributed by atoms with Crippen LogP contribution < -0.4 is 5.32 Å². The van der Waals surface area contributed by atoms with Crippen molar-refractivity contribution < 1.29 is 4.79 Å². The molecule has 0 heterocycles. The van der Waals surface area contributed by atoms with Gasteiger partial charge >= 0.3 is 6.03 Å². The van der Waals surface area contributed by atoms with Crippen LogP contribution in [0.2, 0.25) is 0 Å². The highest BCUT2D eigenvalue weighted by Gasteiger charge is 2.24. The Morgan fingerprint density at radius 2 is 1.91 bits per heavy atom. The first-order chi connectivity index (χ1) is 11.0. The van der Waals surface area contributed by atoms with Crippen LogP contribution in [0.25, 0.3) is 0 Å². The number of fused-ring (bicyclic) bond motifs is 1. The number of urea groups is 1. The number of nitrogens with one attached hydrogen (secondary N) is 1. The molecule has 0 saturated heterocycles. The van der Waals surface area contributed by atoms with Crippen molar-refractivity contribution in [2.75, 3.05) is 39.0 Å². The average molecular weight is 317 g/mol. The van der Waals surface area contributed by atoms with Crippen LogP contribution in [0.1, 0.15) is 50.2 Å². The van der Waals surface area contributed by atoms with Gasteiger partial charge in [0.05, 0.1) is 0 Å². The van der Waals surface area contributed by atoms with Crippen molar-refractivity contribution in [3.8, 4) is 0 Å². The van der Waals surface area contributed by atoms with Gasteiger partial charge in [0.2, 0.25) is 0 Å². The molecule has 128 valence electrons. The van der Waals surface area contributed by atoms with Gasteiger partial charge in [-0.15, -0.1) is 0 Å². The Morgan fingerprint density at radius 1 is 1.22 bits per heavy atom. The summed E-state index contributed by atoms with van der Waals surface area (Å²) in [7, 11) is 3.53. The maximum Gasteiger partial charge on any atom is 0.321 e. The number of anilines is 1. The fourth-order valence-corrected chi connectivity index (χ4v) is 3.43. The van der Waals surface area contributed by atoms with Crippen molar-refractivity contribution in [3.05, 3.63) is 29.3 Å². The van der Waals surface area contributed by atoms with Gasteiger partial charge in [-0.05, 0) is 68.0 Å². The standard InChI is InChI=1S/C19H31N3O/c1-5-11-22(12-6-2)14-16-8-7-15-9-10-17(13-18(15)16)20-19(23)21(3)4/h9-10,13,16H,5-8,11-12,14H2,1-4H3,(H,20,23). The molecule has 2 amide bonds. The molecular formula is C19H31N3O. The normalized spacial score (nSPS) is 16.5. The zero-order valence-corrected chi connectivity index (χ0v) is 15.1. The van der Waals surface area contributed by atoms with Crippen molar-refractivity contribution in [1.82, 2.24) is 9.80 Å². The van der Waals surface area contributed by atoms with E-state index in [1.807, 2.05) is 6.07 Å². The van der Waals surface area contributed by atoms with Gasteiger partial charge < -0.3 is 15.1 Å². The lowest BCUT2D eigenvalue weighted by Crippen LogP contribution is -2.30. The molecule has 1 unspecified atom stereocenters. The molecule has 0 saturated carbocycles. The number of carbonyl (C=O) groups excluding carboxylic acids is 1. The van der Waals surface area contributed by atoms with Crippen LogP contribution in [-0.2, 0) is 6.42 Å². The minimum Gasteiger partial charge on any atom is -0.331 e. The van der Waals surface area contributed by atoms with Gasteiger partial charge in [0.25, 0.3) is 0 Å². The Morgan fingerprint density at radius 3 is 2.52 bits per heavy atom. The van der Waals surface area contributed by atoms with E-state index in [2.05, 4.69) is 36.2 Å². The van der Waals surface area contributed by atoms with Crippen molar-refractivity contribution in [1.29, 1.82) is 0 Å². The Balaban J connectivity index is 2.09. The van der Waals surface area contributed by atoms with E-state index in [0.29, 0.717) is 5.92 Å². The molecule has 1 N–H and O–H groups in total. The highest BCUT2D eigenvalue weighted by atomic mass is 16.2. The summed E-state index contributed by atoms with van der Waals surface area (Å²) in [5.41, 5.74) is 3.79. The fraction of sp³-hybridized carbons (Fsp3) is 0.632. The SMILES string of the molecule is CCCN(CCC)CC1CCc2ccc(NC(=O)N(C)C)cc21. The van der Waals surface area contributed by atoms with E-state index in [4.69, 9.17) is 0 Å². The third kappa shape index (κ3) is 4.71. The number of benzene rings is 1. The first-order valence-electron chi connectivity index (χ1n) is 8.88. The predicted octanol–water partition coefficient (Wildman–Crippen LogP) is 3.93. The van der Waals surface area contributed by atoms with E-state index in [1.165, 1.54) is 43.5 Å². The first kappa shape index (κ1) is 17.8. The molecule has 0 fully saturated rings. The molecule has 0 radical (unpaired) electrons. The summed E-state index contributed by atoms with van der Waals surface area (Å²) in [6.07, 6.45) is 4.80. The van der Waals surface area contributed by atoms with E-state index in [-0.39, 0.29) is 6.03 Å². The summed E-state index contributed by atoms with van der Waals surface area (Å²) in [5.74, 6) is 0.597. The highest BCUT2D eigenvalue weighted by Crippen LogP contribution is 2.35. The highest BCUT2D eigenvalue weighted by molar-refractivity contribution is 5.89. The quantitative estimate of drug-likeness (QED) is 0.827. The molecule has 2 rings (SSSR count). The van der Waals surface area contributed by atoms with E-state index >= 15 is 0 Å². The maximum absolute atomic E-state index is 11.8. The van der Waals surface area contributed by atoms with Crippen LogP contribution >= 0.6 is 0 Å². The molecular weight excluding hydrogens is 286 g/mol. The molecule has 1 aromatic carbocycles. The number of rotatable bonds is 7. The molecule has 0 aliphatic heterocycles. The molecule has 0 spiro atoms. The number of hydrogen-bond donors (Lipinski definition) is 1. The van der Waals surface area contributed by atoms with Gasteiger partial charge in [0, 0.05) is 26.3 Å². The third-order valence-electron chi connectivity index (χ3n) is 4.56. The first-order valence-corrected chi connectivity index (χ1v) is 8.88. The Hall–Kier alpha value is -1.55. The van der Waals surface area contributed by atoms with Gasteiger partial charge in [-0.2, -0.15) is 0 Å². The molecule has 0 aromatic heterocycles. The zero-order chi connectivity index (χ0) is 16.8. The maximum atomic E-state index is 11.8. The van der Waals surface area contributed by atoms with Crippen molar-refractivity contribution in [3.63, 3.8) is 0 Å². The molecule has 4 heteroatoms. The number of amides is 2. The monoisotopic (exact) mass is 317 g/mol. The van der Waals surface area contributed by atoms with Gasteiger partial charge in [-0.3, -0.25) is 0 Å². The largest absolute Gasteiger partial charge is 0.331 e. The van der Waals surface area contributed by atoms with E-state index in [1.54, 1.807) is 19.0 Å². The molecule has 23 heavy (non-hydrogen) atoms. The van der Waals surface area contributed by atoms with Crippen LogP contribution in [0.5, 0.6) is 0 Å². The Kier molecular flexibility index (Phi) is 6.46. The summed E-state index contributed by atoms with van der Waals surface area (Å²) in [5, 5.41) is 2.97. The van der Waals surface area contributed by atoms with Gasteiger partial charge in [0.1, 0.15) is 0 Å². The minimum atomic E-state index is -0.0712. The lowest BCUT2D eigenvalue weighted by molar-refractivity contribution is 0.230. The van der Waals surface area contributed by atoms with Crippen LogP contribution in [0, 0.1) is 0 Å². The summed E-state index contributed by atoms with van der Waals surface area (Å²) >= 11 is 0. The lowest BCUT2D eigenvalue weighted by atomic mass is 9.99. The second-order valence-electron chi connectivity index (χ2n) is 6.77. The van der Waals surface area contributed by atoms with E-state index < -0.39 is 0 Å². The van der Waals surface area contributed by atoms with Crippen LogP contribution in [-0.4, -0.2) is 49.6 Å². The average Bonchev–Trinajstić information content (AvgIpc) is 2.90. The summed E-state index contributed by atoms with van der Waals surface area (Å²) in [4.78, 5) is 16.0. The molecule has 4 nitrogen and oxygen atoms in total. The smallest absolute Gasteiger partial charge is 0.321 e. The van der Waals surface area contributed by atoms with Gasteiger partial charge in [-0.1, -0.05) is 19.9 Å². The number of hydrogen-bond acceptors (Lipinski definition) is 2. The topological polar surface area (TPSA) is 35.6 Å².